The van der Waals surface area contributed by atoms with Crippen molar-refractivity contribution in [1.82, 2.24) is 15.2 Å². The first kappa shape index (κ1) is 21.4. The lowest BCUT2D eigenvalue weighted by Gasteiger charge is -2.05. The predicted molar refractivity (Wildman–Crippen MR) is 115 cm³/mol. The van der Waals surface area contributed by atoms with Crippen molar-refractivity contribution >= 4 is 17.9 Å². The highest BCUT2D eigenvalue weighted by molar-refractivity contribution is 5.82. The molecule has 160 valence electrons. The van der Waals surface area contributed by atoms with E-state index in [0.29, 0.717) is 23.5 Å². The van der Waals surface area contributed by atoms with Gasteiger partial charge in [0, 0.05) is 17.2 Å². The number of methoxy groups -OCH3 is 1. The van der Waals surface area contributed by atoms with Crippen molar-refractivity contribution in [3.05, 3.63) is 68.5 Å². The van der Waals surface area contributed by atoms with E-state index in [2.05, 4.69) is 25.7 Å². The molecule has 0 unspecified atom stereocenters. The van der Waals surface area contributed by atoms with E-state index in [4.69, 9.17) is 9.47 Å². The molecule has 0 fully saturated rings. The van der Waals surface area contributed by atoms with Gasteiger partial charge in [-0.25, -0.2) is 5.43 Å². The first-order valence-corrected chi connectivity index (χ1v) is 9.33. The van der Waals surface area contributed by atoms with E-state index >= 15 is 0 Å². The van der Waals surface area contributed by atoms with E-state index in [1.807, 2.05) is 6.92 Å². The zero-order valence-electron chi connectivity index (χ0n) is 16.9. The lowest BCUT2D eigenvalue weighted by Crippen LogP contribution is -2.15. The summed E-state index contributed by atoms with van der Waals surface area (Å²) < 4.78 is 10.5. The van der Waals surface area contributed by atoms with Crippen LogP contribution in [0.4, 0.5) is 11.6 Å². The fourth-order valence-electron chi connectivity index (χ4n) is 2.58. The van der Waals surface area contributed by atoms with E-state index in [1.54, 1.807) is 37.4 Å². The molecule has 1 heterocycles. The largest absolute Gasteiger partial charge is 0.497 e. The van der Waals surface area contributed by atoms with E-state index in [-0.39, 0.29) is 23.1 Å². The first-order valence-electron chi connectivity index (χ1n) is 9.33. The van der Waals surface area contributed by atoms with Gasteiger partial charge in [0.15, 0.2) is 11.4 Å². The molecule has 31 heavy (non-hydrogen) atoms. The Labute approximate surface area is 176 Å². The number of hydrazone groups is 1. The molecule has 3 rings (SSSR count). The fraction of sp³-hybridized carbons (Fsp3) is 0.200. The van der Waals surface area contributed by atoms with Crippen LogP contribution in [-0.4, -0.2) is 40.0 Å². The number of nitro groups is 1. The average Bonchev–Trinajstić information content (AvgIpc) is 2.78. The zero-order valence-corrected chi connectivity index (χ0v) is 16.9. The maximum Gasteiger partial charge on any atom is 0.311 e. The van der Waals surface area contributed by atoms with Gasteiger partial charge in [-0.1, -0.05) is 6.92 Å². The summed E-state index contributed by atoms with van der Waals surface area (Å²) in [6.45, 7) is 2.30. The molecule has 11 heteroatoms. The van der Waals surface area contributed by atoms with Gasteiger partial charge in [-0.3, -0.25) is 19.9 Å². The Morgan fingerprint density at radius 1 is 1.23 bits per heavy atom. The molecule has 0 bridgehead atoms. The number of nitrogens with one attached hydrogen (secondary N) is 2. The van der Waals surface area contributed by atoms with Crippen molar-refractivity contribution in [2.24, 2.45) is 5.10 Å². The number of anilines is 1. The van der Waals surface area contributed by atoms with Crippen LogP contribution in [0.15, 0.2) is 52.4 Å². The second-order valence-corrected chi connectivity index (χ2v) is 6.28. The van der Waals surface area contributed by atoms with Crippen LogP contribution < -0.4 is 20.5 Å². The fourth-order valence-corrected chi connectivity index (χ4v) is 2.58. The van der Waals surface area contributed by atoms with Gasteiger partial charge >= 0.3 is 5.69 Å². The number of rotatable bonds is 9. The topological polar surface area (TPSA) is 145 Å². The standard InChI is InChI=1S/C20H20N6O5/c1-3-10-31-17-9-4-13(11-16(17)26(28)29)12-21-24-20-22-19(27)18(23-25-20)14-5-7-15(30-2)8-6-14/h4-9,11-12H,3,10H2,1-2H3,(H2,22,24,25,27)/b21-12+. The summed E-state index contributed by atoms with van der Waals surface area (Å²) >= 11 is 0. The molecule has 1 aromatic heterocycles. The Balaban J connectivity index is 1.72. The summed E-state index contributed by atoms with van der Waals surface area (Å²) in [6.07, 6.45) is 2.09. The quantitative estimate of drug-likeness (QED) is 0.303. The smallest absolute Gasteiger partial charge is 0.311 e. The summed E-state index contributed by atoms with van der Waals surface area (Å²) in [5.74, 6) is 0.878. The normalized spacial score (nSPS) is 10.8. The number of ether oxygens (including phenoxy) is 2. The summed E-state index contributed by atoms with van der Waals surface area (Å²) in [7, 11) is 1.55. The van der Waals surface area contributed by atoms with E-state index < -0.39 is 10.5 Å². The van der Waals surface area contributed by atoms with Crippen molar-refractivity contribution in [3.8, 4) is 22.8 Å². The molecular weight excluding hydrogens is 404 g/mol. The van der Waals surface area contributed by atoms with Crippen LogP contribution in [0.25, 0.3) is 11.3 Å². The number of nitrogens with zero attached hydrogens (tertiary/aromatic N) is 4. The summed E-state index contributed by atoms with van der Waals surface area (Å²) in [4.78, 5) is 25.6. The van der Waals surface area contributed by atoms with Crippen LogP contribution in [0.3, 0.4) is 0 Å². The second-order valence-electron chi connectivity index (χ2n) is 6.28. The van der Waals surface area contributed by atoms with E-state index in [1.165, 1.54) is 18.3 Å². The molecule has 3 aromatic rings. The molecule has 0 aliphatic heterocycles. The zero-order chi connectivity index (χ0) is 22.2. The number of aromatic amines is 1. The van der Waals surface area contributed by atoms with Crippen molar-refractivity contribution in [2.45, 2.75) is 13.3 Å². The highest BCUT2D eigenvalue weighted by Gasteiger charge is 2.15. The molecule has 2 aromatic carbocycles. The number of H-pyrrole nitrogens is 1. The number of hydrogen-bond acceptors (Lipinski definition) is 9. The maximum absolute atomic E-state index is 12.3. The third-order valence-corrected chi connectivity index (χ3v) is 4.09. The third kappa shape index (κ3) is 5.41. The van der Waals surface area contributed by atoms with Gasteiger partial charge < -0.3 is 9.47 Å². The third-order valence-electron chi connectivity index (χ3n) is 4.09. The molecule has 0 atom stereocenters. The molecular formula is C20H20N6O5. The van der Waals surface area contributed by atoms with Crippen molar-refractivity contribution < 1.29 is 14.4 Å². The minimum Gasteiger partial charge on any atom is -0.497 e. The Morgan fingerprint density at radius 3 is 2.65 bits per heavy atom. The highest BCUT2D eigenvalue weighted by atomic mass is 16.6. The summed E-state index contributed by atoms with van der Waals surface area (Å²) in [5, 5.41) is 23.0. The van der Waals surface area contributed by atoms with Gasteiger partial charge in [0.25, 0.3) is 5.56 Å². The maximum atomic E-state index is 12.3. The molecule has 0 saturated carbocycles. The SMILES string of the molecule is CCCOc1ccc(/C=N/Nc2nnc(-c3ccc(OC)cc3)c(=O)[nH]2)cc1[N+](=O)[O-]. The van der Waals surface area contributed by atoms with Crippen LogP contribution in [0.1, 0.15) is 18.9 Å². The lowest BCUT2D eigenvalue weighted by molar-refractivity contribution is -0.385. The van der Waals surface area contributed by atoms with E-state index in [0.717, 1.165) is 6.42 Å². The molecule has 0 saturated heterocycles. The molecule has 0 aliphatic rings. The number of nitro benzene ring substituents is 1. The van der Waals surface area contributed by atoms with E-state index in [9.17, 15) is 14.9 Å². The van der Waals surface area contributed by atoms with Gasteiger partial charge in [-0.15, -0.1) is 10.2 Å². The Morgan fingerprint density at radius 2 is 2.00 bits per heavy atom. The summed E-state index contributed by atoms with van der Waals surface area (Å²) in [6, 6.07) is 11.3. The number of benzene rings is 2. The van der Waals surface area contributed by atoms with Gasteiger partial charge in [0.05, 0.1) is 24.9 Å². The molecule has 0 aliphatic carbocycles. The Kier molecular flexibility index (Phi) is 6.89. The number of aromatic nitrogens is 3. The lowest BCUT2D eigenvalue weighted by atomic mass is 10.1. The first-order chi connectivity index (χ1) is 15.0. The van der Waals surface area contributed by atoms with Gasteiger partial charge in [0.2, 0.25) is 5.95 Å². The second kappa shape index (κ2) is 9.96. The van der Waals surface area contributed by atoms with Crippen LogP contribution >= 0.6 is 0 Å². The number of hydrogen-bond donors (Lipinski definition) is 2. The van der Waals surface area contributed by atoms with Crippen LogP contribution in [0.2, 0.25) is 0 Å². The van der Waals surface area contributed by atoms with Crippen LogP contribution in [0.5, 0.6) is 11.5 Å². The predicted octanol–water partition coefficient (Wildman–Crippen LogP) is 2.98. The van der Waals surface area contributed by atoms with Crippen molar-refractivity contribution in [1.29, 1.82) is 0 Å². The highest BCUT2D eigenvalue weighted by Crippen LogP contribution is 2.27. The molecule has 0 amide bonds. The van der Waals surface area contributed by atoms with Gasteiger partial charge in [0.1, 0.15) is 5.75 Å². The molecule has 0 spiro atoms. The minimum atomic E-state index is -0.517. The molecule has 11 nitrogen and oxygen atoms in total. The van der Waals surface area contributed by atoms with Gasteiger partial charge in [-0.05, 0) is 42.8 Å². The Hall–Kier alpha value is -4.28. The monoisotopic (exact) mass is 424 g/mol. The molecule has 2 N–H and O–H groups in total. The van der Waals surface area contributed by atoms with Crippen molar-refractivity contribution in [3.63, 3.8) is 0 Å². The molecule has 0 radical (unpaired) electrons. The average molecular weight is 424 g/mol. The minimum absolute atomic E-state index is 0.0240. The van der Waals surface area contributed by atoms with Crippen LogP contribution in [0, 0.1) is 10.1 Å². The van der Waals surface area contributed by atoms with Gasteiger partial charge in [-0.2, -0.15) is 5.10 Å². The summed E-state index contributed by atoms with van der Waals surface area (Å²) in [5.41, 5.74) is 3.14. The van der Waals surface area contributed by atoms with Crippen molar-refractivity contribution in [2.75, 3.05) is 19.1 Å². The van der Waals surface area contributed by atoms with Crippen LogP contribution in [-0.2, 0) is 0 Å². The Bertz CT molecular complexity index is 1140.